The Morgan fingerprint density at radius 3 is 1.87 bits per heavy atom. The maximum Gasteiger partial charge on any atom is 0.0707 e. The van der Waals surface area contributed by atoms with Crippen molar-refractivity contribution < 1.29 is 5.11 Å². The summed E-state index contributed by atoms with van der Waals surface area (Å²) < 4.78 is 0.0751. The zero-order chi connectivity index (χ0) is 29.2. The fourth-order valence-corrected chi connectivity index (χ4v) is 15.9. The summed E-state index contributed by atoms with van der Waals surface area (Å²) in [6.45, 7) is 29.0. The Hall–Kier alpha value is 1.42. The first kappa shape index (κ1) is 33.9. The first-order valence-corrected chi connectivity index (χ1v) is 18.6. The van der Waals surface area contributed by atoms with E-state index in [1.165, 1.54) is 70.6 Å². The standard InChI is InChI=1S/C30H50I2O.C3H8.C2H6/c1-23(2)14-15-25(5)16-17-28(8)27(7)13-10-20-24(3,4)11-9-12-26(20,6)21(27)18-22(33)30(28,32)29(25,31)19-23;1-3-2;1-2/h20-22,33H,9-19H2,1-8H3;3H2,1-2H3;1-2H3/t20?,21?,22?,25?,26?,27?,28-,29?,30?;;/m0../s1. The minimum absolute atomic E-state index is 0.0678. The molecule has 0 amide bonds. The lowest BCUT2D eigenvalue weighted by atomic mass is 9.31. The van der Waals surface area contributed by atoms with E-state index in [0.29, 0.717) is 33.0 Å². The van der Waals surface area contributed by atoms with Crippen LogP contribution >= 0.6 is 45.2 Å². The Bertz CT molecular complexity index is 853. The second-order valence-corrected chi connectivity index (χ2v) is 20.2. The molecule has 0 aromatic carbocycles. The van der Waals surface area contributed by atoms with Crippen LogP contribution in [-0.4, -0.2) is 18.1 Å². The third-order valence-electron chi connectivity index (χ3n) is 13.6. The van der Waals surface area contributed by atoms with Crippen molar-refractivity contribution in [2.75, 3.05) is 0 Å². The summed E-state index contributed by atoms with van der Waals surface area (Å²) in [7, 11) is 0. The van der Waals surface area contributed by atoms with E-state index >= 15 is 0 Å². The zero-order valence-corrected chi connectivity index (χ0v) is 31.7. The van der Waals surface area contributed by atoms with E-state index in [0.717, 1.165) is 12.3 Å². The van der Waals surface area contributed by atoms with Gasteiger partial charge in [-0.15, -0.1) is 0 Å². The van der Waals surface area contributed by atoms with Crippen LogP contribution < -0.4 is 0 Å². The van der Waals surface area contributed by atoms with Crippen LogP contribution in [-0.2, 0) is 0 Å². The predicted octanol–water partition coefficient (Wildman–Crippen LogP) is 11.8. The van der Waals surface area contributed by atoms with Gasteiger partial charge < -0.3 is 5.11 Å². The Morgan fingerprint density at radius 1 is 0.737 bits per heavy atom. The molecule has 5 rings (SSSR count). The van der Waals surface area contributed by atoms with Gasteiger partial charge >= 0.3 is 0 Å². The summed E-state index contributed by atoms with van der Waals surface area (Å²) in [5, 5.41) is 12.4. The number of rotatable bonds is 0. The zero-order valence-electron chi connectivity index (χ0n) is 27.4. The Balaban J connectivity index is 0.000000748. The molecule has 0 aromatic heterocycles. The number of hydrogen-bond acceptors (Lipinski definition) is 1. The monoisotopic (exact) mass is 754 g/mol. The largest absolute Gasteiger partial charge is 0.392 e. The highest BCUT2D eigenvalue weighted by Crippen LogP contribution is 2.82. The maximum absolute atomic E-state index is 12.4. The molecule has 0 aromatic rings. The van der Waals surface area contributed by atoms with Crippen molar-refractivity contribution in [2.24, 2.45) is 44.3 Å². The molecule has 0 aliphatic heterocycles. The molecule has 0 saturated heterocycles. The lowest BCUT2D eigenvalue weighted by Crippen LogP contribution is -2.80. The summed E-state index contributed by atoms with van der Waals surface area (Å²) >= 11 is 5.82. The van der Waals surface area contributed by atoms with E-state index in [9.17, 15) is 5.11 Å². The maximum atomic E-state index is 12.4. The molecule has 0 radical (unpaired) electrons. The lowest BCUT2D eigenvalue weighted by molar-refractivity contribution is -0.244. The molecule has 5 aliphatic rings. The molecule has 5 saturated carbocycles. The molecular formula is C35H64I2O. The number of aliphatic hydroxyl groups excluding tert-OH is 1. The van der Waals surface area contributed by atoms with Gasteiger partial charge in [0.25, 0.3) is 0 Å². The van der Waals surface area contributed by atoms with Crippen LogP contribution in [0.25, 0.3) is 0 Å². The molecule has 3 heteroatoms. The molecule has 0 heterocycles. The van der Waals surface area contributed by atoms with Gasteiger partial charge in [0.2, 0.25) is 0 Å². The van der Waals surface area contributed by atoms with Crippen LogP contribution in [0.15, 0.2) is 0 Å². The van der Waals surface area contributed by atoms with Crippen LogP contribution in [0.5, 0.6) is 0 Å². The van der Waals surface area contributed by atoms with E-state index in [2.05, 4.69) is 114 Å². The van der Waals surface area contributed by atoms with Crippen molar-refractivity contribution in [2.45, 2.75) is 173 Å². The van der Waals surface area contributed by atoms with E-state index < -0.39 is 0 Å². The summed E-state index contributed by atoms with van der Waals surface area (Å²) in [4.78, 5) is 0. The van der Waals surface area contributed by atoms with Gasteiger partial charge in [0.05, 0.1) is 9.53 Å². The Morgan fingerprint density at radius 2 is 1.29 bits per heavy atom. The third-order valence-corrected chi connectivity index (χ3v) is 20.0. The number of hydrogen-bond donors (Lipinski definition) is 1. The van der Waals surface area contributed by atoms with Crippen LogP contribution in [0, 0.1) is 44.3 Å². The highest BCUT2D eigenvalue weighted by Gasteiger charge is 2.80. The van der Waals surface area contributed by atoms with E-state index in [1.54, 1.807) is 0 Å². The molecule has 0 bridgehead atoms. The molecule has 8 unspecified atom stereocenters. The number of fused-ring (bicyclic) bond motifs is 7. The first-order valence-electron chi connectivity index (χ1n) is 16.4. The second-order valence-electron chi connectivity index (χ2n) is 16.6. The highest BCUT2D eigenvalue weighted by molar-refractivity contribution is 14.1. The average Bonchev–Trinajstić information content (AvgIpc) is 2.81. The number of halogens is 2. The smallest absolute Gasteiger partial charge is 0.0707 e. The molecule has 1 N–H and O–H groups in total. The topological polar surface area (TPSA) is 20.2 Å². The SMILES string of the molecule is CC.CC1(C)CCC2(C)CC[C@@]3(C)C4(C)CCC5C(C)(C)CCCC5(C)C4CC(O)C3(I)C2(I)C1.CCC. The summed E-state index contributed by atoms with van der Waals surface area (Å²) in [6, 6.07) is 0. The molecular weight excluding hydrogens is 690 g/mol. The Kier molecular flexibility index (Phi) is 9.68. The Labute approximate surface area is 265 Å². The quantitative estimate of drug-likeness (QED) is 0.193. The normalized spacial score (nSPS) is 52.3. The van der Waals surface area contributed by atoms with Crippen molar-refractivity contribution in [3.8, 4) is 0 Å². The molecule has 9 atom stereocenters. The minimum atomic E-state index is -0.202. The minimum Gasteiger partial charge on any atom is -0.392 e. The van der Waals surface area contributed by atoms with E-state index in [1.807, 2.05) is 13.8 Å². The highest BCUT2D eigenvalue weighted by atomic mass is 127. The molecule has 5 fully saturated rings. The predicted molar refractivity (Wildman–Crippen MR) is 185 cm³/mol. The van der Waals surface area contributed by atoms with Crippen LogP contribution in [0.2, 0.25) is 0 Å². The number of alkyl halides is 2. The van der Waals surface area contributed by atoms with Gasteiger partial charge in [-0.25, -0.2) is 0 Å². The van der Waals surface area contributed by atoms with Gasteiger partial charge in [0.1, 0.15) is 0 Å². The van der Waals surface area contributed by atoms with Crippen molar-refractivity contribution in [1.29, 1.82) is 0 Å². The molecule has 5 aliphatic carbocycles. The summed E-state index contributed by atoms with van der Waals surface area (Å²) in [6.07, 6.45) is 15.5. The average molecular weight is 755 g/mol. The van der Waals surface area contributed by atoms with Crippen molar-refractivity contribution >= 4 is 45.2 Å². The molecule has 224 valence electrons. The van der Waals surface area contributed by atoms with Crippen molar-refractivity contribution in [3.63, 3.8) is 0 Å². The third kappa shape index (κ3) is 4.47. The van der Waals surface area contributed by atoms with Gasteiger partial charge in [0.15, 0.2) is 0 Å². The van der Waals surface area contributed by atoms with Crippen LogP contribution in [0.1, 0.15) is 160 Å². The molecule has 1 nitrogen and oxygen atoms in total. The number of aliphatic hydroxyl groups is 1. The fraction of sp³-hybridized carbons (Fsp3) is 1.00. The lowest BCUT2D eigenvalue weighted by Gasteiger charge is -2.79. The first-order chi connectivity index (χ1) is 17.3. The van der Waals surface area contributed by atoms with Gasteiger partial charge in [-0.2, -0.15) is 0 Å². The summed E-state index contributed by atoms with van der Waals surface area (Å²) in [5.74, 6) is 1.46. The van der Waals surface area contributed by atoms with Gasteiger partial charge in [-0.05, 0) is 109 Å². The van der Waals surface area contributed by atoms with Gasteiger partial charge in [0, 0.05) is 3.42 Å². The summed E-state index contributed by atoms with van der Waals surface area (Å²) in [5.41, 5.74) is 2.01. The van der Waals surface area contributed by atoms with E-state index in [-0.39, 0.29) is 18.4 Å². The van der Waals surface area contributed by atoms with Crippen molar-refractivity contribution in [3.05, 3.63) is 0 Å². The second kappa shape index (κ2) is 10.8. The fourth-order valence-electron chi connectivity index (χ4n) is 11.4. The van der Waals surface area contributed by atoms with E-state index in [4.69, 9.17) is 0 Å². The van der Waals surface area contributed by atoms with Crippen LogP contribution in [0.3, 0.4) is 0 Å². The molecule has 38 heavy (non-hydrogen) atoms. The van der Waals surface area contributed by atoms with Gasteiger partial charge in [-0.1, -0.05) is 141 Å². The van der Waals surface area contributed by atoms with Crippen LogP contribution in [0.4, 0.5) is 0 Å². The molecule has 0 spiro atoms. The van der Waals surface area contributed by atoms with Gasteiger partial charge in [-0.3, -0.25) is 0 Å². The van der Waals surface area contributed by atoms with Crippen molar-refractivity contribution in [1.82, 2.24) is 0 Å².